The van der Waals surface area contributed by atoms with E-state index in [1.54, 1.807) is 4.68 Å². The lowest BCUT2D eigenvalue weighted by molar-refractivity contribution is -0.144. The van der Waals surface area contributed by atoms with Gasteiger partial charge >= 0.3 is 5.97 Å². The van der Waals surface area contributed by atoms with Crippen LogP contribution in [0.5, 0.6) is 0 Å². The summed E-state index contributed by atoms with van der Waals surface area (Å²) in [4.78, 5) is 12.0. The zero-order chi connectivity index (χ0) is 16.9. The summed E-state index contributed by atoms with van der Waals surface area (Å²) >= 11 is 0. The Labute approximate surface area is 141 Å². The quantitative estimate of drug-likeness (QED) is 0.516. The third-order valence-corrected chi connectivity index (χ3v) is 4.12. The summed E-state index contributed by atoms with van der Waals surface area (Å²) in [6.07, 6.45) is 1.71. The molecule has 0 bridgehead atoms. The number of ether oxygens (including phenoxy) is 1. The summed E-state index contributed by atoms with van der Waals surface area (Å²) < 4.78 is 6.91. The fraction of sp³-hybridized carbons (Fsp3) is 0.316. The van der Waals surface area contributed by atoms with Gasteiger partial charge in [0.25, 0.3) is 0 Å². The number of nitrogens with zero attached hydrogens (tertiary/aromatic N) is 3. The second kappa shape index (κ2) is 7.25. The fourth-order valence-electron chi connectivity index (χ4n) is 2.61. The molecule has 0 amide bonds. The van der Waals surface area contributed by atoms with Crippen molar-refractivity contribution in [3.8, 4) is 0 Å². The summed E-state index contributed by atoms with van der Waals surface area (Å²) in [5, 5.41) is 8.17. The molecule has 0 aliphatic heterocycles. The summed E-state index contributed by atoms with van der Waals surface area (Å²) in [6.45, 7) is 4.58. The molecule has 1 aromatic heterocycles. The first-order chi connectivity index (χ1) is 11.6. The number of esters is 1. The molecular formula is C19H21N3O2. The molecule has 3 rings (SSSR count). The van der Waals surface area contributed by atoms with Crippen LogP contribution in [0.4, 0.5) is 0 Å². The number of aryl methyl sites for hydroxylation is 3. The van der Waals surface area contributed by atoms with Crippen LogP contribution in [0, 0.1) is 13.8 Å². The first kappa shape index (κ1) is 16.2. The van der Waals surface area contributed by atoms with E-state index in [0.29, 0.717) is 6.61 Å². The van der Waals surface area contributed by atoms with E-state index < -0.39 is 0 Å². The van der Waals surface area contributed by atoms with Crippen molar-refractivity contribution >= 4 is 17.0 Å². The maximum atomic E-state index is 12.0. The van der Waals surface area contributed by atoms with Crippen molar-refractivity contribution in [3.63, 3.8) is 0 Å². The average Bonchev–Trinajstić information content (AvgIpc) is 2.95. The Morgan fingerprint density at radius 1 is 1.12 bits per heavy atom. The molecule has 124 valence electrons. The predicted molar refractivity (Wildman–Crippen MR) is 92.7 cm³/mol. The Kier molecular flexibility index (Phi) is 4.89. The van der Waals surface area contributed by atoms with Crippen LogP contribution >= 0.6 is 0 Å². The van der Waals surface area contributed by atoms with Crippen LogP contribution in [0.3, 0.4) is 0 Å². The molecule has 0 fully saturated rings. The van der Waals surface area contributed by atoms with E-state index >= 15 is 0 Å². The molecule has 5 nitrogen and oxygen atoms in total. The lowest BCUT2D eigenvalue weighted by Gasteiger charge is -2.06. The number of hydrogen-bond donors (Lipinski definition) is 0. The molecule has 24 heavy (non-hydrogen) atoms. The Balaban J connectivity index is 1.53. The molecule has 0 spiro atoms. The van der Waals surface area contributed by atoms with Crippen LogP contribution in [-0.2, 0) is 22.5 Å². The van der Waals surface area contributed by atoms with E-state index in [1.165, 1.54) is 5.56 Å². The van der Waals surface area contributed by atoms with Gasteiger partial charge in [0.1, 0.15) is 12.1 Å². The summed E-state index contributed by atoms with van der Waals surface area (Å²) in [7, 11) is 0. The van der Waals surface area contributed by atoms with Crippen LogP contribution in [0.15, 0.2) is 42.5 Å². The molecule has 5 heteroatoms. The van der Waals surface area contributed by atoms with Gasteiger partial charge in [-0.2, -0.15) is 0 Å². The number of fused-ring (bicyclic) bond motifs is 1. The number of carbonyl (C=O) groups is 1. The fourth-order valence-corrected chi connectivity index (χ4v) is 2.61. The molecule has 0 radical (unpaired) electrons. The SMILES string of the molecule is Cc1cc2nnn(CC(=O)OCCCc3ccccc3)c2cc1C. The van der Waals surface area contributed by atoms with Gasteiger partial charge in [-0.1, -0.05) is 35.5 Å². The van der Waals surface area contributed by atoms with Gasteiger partial charge in [0.15, 0.2) is 0 Å². The average molecular weight is 323 g/mol. The highest BCUT2D eigenvalue weighted by atomic mass is 16.5. The van der Waals surface area contributed by atoms with Crippen molar-refractivity contribution in [2.75, 3.05) is 6.61 Å². The van der Waals surface area contributed by atoms with Gasteiger partial charge in [-0.25, -0.2) is 4.68 Å². The minimum Gasteiger partial charge on any atom is -0.464 e. The van der Waals surface area contributed by atoms with E-state index in [1.807, 2.05) is 44.2 Å². The van der Waals surface area contributed by atoms with Crippen LogP contribution in [0.25, 0.3) is 11.0 Å². The first-order valence-corrected chi connectivity index (χ1v) is 8.13. The van der Waals surface area contributed by atoms with Crippen molar-refractivity contribution in [1.82, 2.24) is 15.0 Å². The molecule has 0 aliphatic rings. The first-order valence-electron chi connectivity index (χ1n) is 8.13. The molecular weight excluding hydrogens is 302 g/mol. The maximum Gasteiger partial charge on any atom is 0.327 e. The second-order valence-corrected chi connectivity index (χ2v) is 5.98. The lowest BCUT2D eigenvalue weighted by Crippen LogP contribution is -2.15. The van der Waals surface area contributed by atoms with Crippen LogP contribution in [0.2, 0.25) is 0 Å². The third-order valence-electron chi connectivity index (χ3n) is 4.12. The minimum absolute atomic E-state index is 0.0876. The van der Waals surface area contributed by atoms with E-state index in [0.717, 1.165) is 35.0 Å². The number of hydrogen-bond acceptors (Lipinski definition) is 4. The molecule has 0 aliphatic carbocycles. The monoisotopic (exact) mass is 323 g/mol. The largest absolute Gasteiger partial charge is 0.464 e. The standard InChI is InChI=1S/C19H21N3O2/c1-14-11-17-18(12-15(14)2)22(21-20-17)13-19(23)24-10-6-9-16-7-4-3-5-8-16/h3-5,7-8,11-12H,6,9-10,13H2,1-2H3. The van der Waals surface area contributed by atoms with E-state index in [2.05, 4.69) is 22.4 Å². The van der Waals surface area contributed by atoms with Gasteiger partial charge in [-0.15, -0.1) is 5.10 Å². The van der Waals surface area contributed by atoms with Crippen LogP contribution < -0.4 is 0 Å². The van der Waals surface area contributed by atoms with Crippen molar-refractivity contribution in [2.45, 2.75) is 33.2 Å². The molecule has 2 aromatic carbocycles. The van der Waals surface area contributed by atoms with Crippen molar-refractivity contribution in [2.24, 2.45) is 0 Å². The summed E-state index contributed by atoms with van der Waals surface area (Å²) in [6, 6.07) is 14.2. The smallest absolute Gasteiger partial charge is 0.327 e. The molecule has 3 aromatic rings. The zero-order valence-electron chi connectivity index (χ0n) is 14.0. The van der Waals surface area contributed by atoms with Gasteiger partial charge in [0, 0.05) is 0 Å². The van der Waals surface area contributed by atoms with Crippen molar-refractivity contribution < 1.29 is 9.53 Å². The molecule has 1 heterocycles. The Morgan fingerprint density at radius 3 is 2.67 bits per heavy atom. The molecule has 0 N–H and O–H groups in total. The van der Waals surface area contributed by atoms with E-state index in [4.69, 9.17) is 4.74 Å². The van der Waals surface area contributed by atoms with Gasteiger partial charge in [-0.3, -0.25) is 4.79 Å². The molecule has 0 saturated heterocycles. The Morgan fingerprint density at radius 2 is 1.88 bits per heavy atom. The van der Waals surface area contributed by atoms with Crippen LogP contribution in [-0.4, -0.2) is 27.6 Å². The molecule has 0 atom stereocenters. The van der Waals surface area contributed by atoms with E-state index in [-0.39, 0.29) is 12.5 Å². The lowest BCUT2D eigenvalue weighted by atomic mass is 10.1. The zero-order valence-corrected chi connectivity index (χ0v) is 14.0. The summed E-state index contributed by atoms with van der Waals surface area (Å²) in [5.74, 6) is -0.284. The van der Waals surface area contributed by atoms with Gasteiger partial charge in [0.2, 0.25) is 0 Å². The third kappa shape index (κ3) is 3.79. The van der Waals surface area contributed by atoms with Crippen LogP contribution in [0.1, 0.15) is 23.1 Å². The minimum atomic E-state index is -0.284. The Hall–Kier alpha value is -2.69. The van der Waals surface area contributed by atoms with Gasteiger partial charge in [0.05, 0.1) is 12.1 Å². The second-order valence-electron chi connectivity index (χ2n) is 5.98. The van der Waals surface area contributed by atoms with Gasteiger partial charge < -0.3 is 4.74 Å². The highest BCUT2D eigenvalue weighted by molar-refractivity contribution is 5.78. The highest BCUT2D eigenvalue weighted by Gasteiger charge is 2.11. The highest BCUT2D eigenvalue weighted by Crippen LogP contribution is 2.17. The number of rotatable bonds is 6. The summed E-state index contributed by atoms with van der Waals surface area (Å²) in [5.41, 5.74) is 5.23. The van der Waals surface area contributed by atoms with Gasteiger partial charge in [-0.05, 0) is 55.5 Å². The normalized spacial score (nSPS) is 10.9. The molecule has 0 saturated carbocycles. The molecule has 0 unspecified atom stereocenters. The predicted octanol–water partition coefficient (Wildman–Crippen LogP) is 3.22. The topological polar surface area (TPSA) is 57.0 Å². The number of aromatic nitrogens is 3. The van der Waals surface area contributed by atoms with Crippen molar-refractivity contribution in [1.29, 1.82) is 0 Å². The maximum absolute atomic E-state index is 12.0. The van der Waals surface area contributed by atoms with Crippen molar-refractivity contribution in [3.05, 3.63) is 59.2 Å². The number of carbonyl (C=O) groups excluding carboxylic acids is 1. The Bertz CT molecular complexity index is 840. The van der Waals surface area contributed by atoms with E-state index in [9.17, 15) is 4.79 Å². The number of benzene rings is 2.